The van der Waals surface area contributed by atoms with Crippen molar-refractivity contribution in [1.29, 1.82) is 0 Å². The number of nitrogens with zero attached hydrogens (tertiary/aromatic N) is 1. The van der Waals surface area contributed by atoms with Crippen LogP contribution in [0.1, 0.15) is 32.0 Å². The van der Waals surface area contributed by atoms with E-state index in [1.54, 1.807) is 18.4 Å². The van der Waals surface area contributed by atoms with E-state index < -0.39 is 0 Å². The zero-order valence-corrected chi connectivity index (χ0v) is 12.6. The molecule has 19 heavy (non-hydrogen) atoms. The summed E-state index contributed by atoms with van der Waals surface area (Å²) in [5.74, 6) is 0.703. The smallest absolute Gasteiger partial charge is 0.241 e. The minimum absolute atomic E-state index is 0.00218. The van der Waals surface area contributed by atoms with Crippen LogP contribution in [0.3, 0.4) is 0 Å². The van der Waals surface area contributed by atoms with Gasteiger partial charge in [-0.15, -0.1) is 0 Å². The number of hydrogen-bond acceptors (Lipinski definition) is 4. The lowest BCUT2D eigenvalue weighted by Gasteiger charge is -2.23. The fraction of sp³-hybridized carbons (Fsp3) is 0.643. The van der Waals surface area contributed by atoms with Gasteiger partial charge in [-0.3, -0.25) is 10.1 Å². The van der Waals surface area contributed by atoms with Crippen LogP contribution in [0.15, 0.2) is 16.8 Å². The van der Waals surface area contributed by atoms with Crippen LogP contribution in [-0.4, -0.2) is 37.1 Å². The summed E-state index contributed by atoms with van der Waals surface area (Å²) in [4.78, 5) is 14.4. The summed E-state index contributed by atoms with van der Waals surface area (Å²) in [6, 6.07) is 2.01. The molecule has 1 N–H and O–H groups in total. The van der Waals surface area contributed by atoms with Crippen molar-refractivity contribution in [2.45, 2.75) is 32.5 Å². The van der Waals surface area contributed by atoms with E-state index in [1.807, 2.05) is 10.3 Å². The summed E-state index contributed by atoms with van der Waals surface area (Å²) < 4.78 is 5.12. The topological polar surface area (TPSA) is 41.6 Å². The molecule has 0 saturated carbocycles. The molecule has 4 nitrogen and oxygen atoms in total. The van der Waals surface area contributed by atoms with Crippen LogP contribution in [0.5, 0.6) is 0 Å². The third-order valence-corrected chi connectivity index (χ3v) is 4.06. The highest BCUT2D eigenvalue weighted by molar-refractivity contribution is 7.07. The molecule has 1 aromatic heterocycles. The number of methoxy groups -OCH3 is 1. The minimum atomic E-state index is -0.0678. The van der Waals surface area contributed by atoms with E-state index in [4.69, 9.17) is 4.74 Å². The first kappa shape index (κ1) is 14.5. The Hall–Kier alpha value is -0.910. The molecule has 2 unspecified atom stereocenters. The molecule has 1 saturated heterocycles. The average Bonchev–Trinajstić information content (AvgIpc) is 2.97. The number of ether oxygens (including phenoxy) is 1. The van der Waals surface area contributed by atoms with Gasteiger partial charge in [0.2, 0.25) is 5.91 Å². The Morgan fingerprint density at radius 1 is 1.53 bits per heavy atom. The molecule has 0 radical (unpaired) electrons. The van der Waals surface area contributed by atoms with Gasteiger partial charge in [-0.05, 0) is 34.7 Å². The summed E-state index contributed by atoms with van der Waals surface area (Å²) in [6.07, 6.45) is 0.876. The summed E-state index contributed by atoms with van der Waals surface area (Å²) in [7, 11) is 1.67. The molecule has 2 rings (SSSR count). The third-order valence-electron chi connectivity index (χ3n) is 3.35. The van der Waals surface area contributed by atoms with Gasteiger partial charge in [-0.25, -0.2) is 0 Å². The van der Waals surface area contributed by atoms with Crippen molar-refractivity contribution in [3.8, 4) is 0 Å². The number of carbonyl (C=O) groups excluding carboxylic acids is 1. The van der Waals surface area contributed by atoms with E-state index in [2.05, 4.69) is 30.6 Å². The highest BCUT2D eigenvalue weighted by Gasteiger charge is 2.39. The van der Waals surface area contributed by atoms with Crippen molar-refractivity contribution in [1.82, 2.24) is 10.2 Å². The standard InChI is InChI=1S/C14H22N2O2S/c1-10(2)8-12-14(17)16(5-6-18-3)13(15-12)11-4-7-19-9-11/h4,7,9-10,12-13,15H,5-6,8H2,1-3H3. The van der Waals surface area contributed by atoms with E-state index >= 15 is 0 Å². The predicted molar refractivity (Wildman–Crippen MR) is 77.0 cm³/mol. The Balaban J connectivity index is 2.13. The highest BCUT2D eigenvalue weighted by Crippen LogP contribution is 2.28. The Kier molecular flexibility index (Phi) is 4.96. The molecule has 0 aliphatic carbocycles. The van der Waals surface area contributed by atoms with Gasteiger partial charge in [0.05, 0.1) is 12.6 Å². The number of hydrogen-bond donors (Lipinski definition) is 1. The fourth-order valence-corrected chi connectivity index (χ4v) is 3.13. The molecular weight excluding hydrogens is 260 g/mol. The first-order valence-electron chi connectivity index (χ1n) is 6.71. The van der Waals surface area contributed by atoms with Crippen molar-refractivity contribution in [2.75, 3.05) is 20.3 Å². The van der Waals surface area contributed by atoms with Gasteiger partial charge in [-0.1, -0.05) is 13.8 Å². The molecule has 5 heteroatoms. The molecule has 0 spiro atoms. The monoisotopic (exact) mass is 282 g/mol. The van der Waals surface area contributed by atoms with Crippen LogP contribution in [0.25, 0.3) is 0 Å². The van der Waals surface area contributed by atoms with E-state index in [-0.39, 0.29) is 18.1 Å². The molecule has 0 aromatic carbocycles. The number of rotatable bonds is 6. The largest absolute Gasteiger partial charge is 0.383 e. The Labute approximate surface area is 118 Å². The average molecular weight is 282 g/mol. The quantitative estimate of drug-likeness (QED) is 0.870. The summed E-state index contributed by atoms with van der Waals surface area (Å²) >= 11 is 1.66. The molecular formula is C14H22N2O2S. The molecule has 1 aromatic rings. The lowest BCUT2D eigenvalue weighted by atomic mass is 10.0. The lowest BCUT2D eigenvalue weighted by Crippen LogP contribution is -2.34. The van der Waals surface area contributed by atoms with E-state index in [0.717, 1.165) is 6.42 Å². The fourth-order valence-electron chi connectivity index (χ4n) is 2.46. The van der Waals surface area contributed by atoms with Crippen molar-refractivity contribution < 1.29 is 9.53 Å². The maximum Gasteiger partial charge on any atom is 0.241 e. The zero-order chi connectivity index (χ0) is 13.8. The number of thiophene rings is 1. The summed E-state index contributed by atoms with van der Waals surface area (Å²) in [5.41, 5.74) is 1.17. The third kappa shape index (κ3) is 3.35. The van der Waals surface area contributed by atoms with Crippen LogP contribution in [0.2, 0.25) is 0 Å². The van der Waals surface area contributed by atoms with Crippen molar-refractivity contribution >= 4 is 17.2 Å². The van der Waals surface area contributed by atoms with Crippen molar-refractivity contribution in [2.24, 2.45) is 5.92 Å². The van der Waals surface area contributed by atoms with Crippen LogP contribution in [0, 0.1) is 5.92 Å². The Morgan fingerprint density at radius 3 is 2.89 bits per heavy atom. The van der Waals surface area contributed by atoms with Gasteiger partial charge in [0, 0.05) is 13.7 Å². The van der Waals surface area contributed by atoms with Crippen LogP contribution in [0.4, 0.5) is 0 Å². The molecule has 1 aliphatic heterocycles. The van der Waals surface area contributed by atoms with Gasteiger partial charge < -0.3 is 9.64 Å². The SMILES string of the molecule is COCCN1C(=O)C(CC(C)C)NC1c1ccsc1. The van der Waals surface area contributed by atoms with Crippen LogP contribution >= 0.6 is 11.3 Å². The van der Waals surface area contributed by atoms with E-state index in [9.17, 15) is 4.79 Å². The number of carbonyl (C=O) groups is 1. The summed E-state index contributed by atoms with van der Waals surface area (Å²) in [5, 5.41) is 7.61. The van der Waals surface area contributed by atoms with Gasteiger partial charge in [0.25, 0.3) is 0 Å². The second kappa shape index (κ2) is 6.50. The van der Waals surface area contributed by atoms with Crippen molar-refractivity contribution in [3.05, 3.63) is 22.4 Å². The van der Waals surface area contributed by atoms with Crippen LogP contribution in [-0.2, 0) is 9.53 Å². The van der Waals surface area contributed by atoms with Gasteiger partial charge in [0.15, 0.2) is 0 Å². The first-order valence-corrected chi connectivity index (χ1v) is 7.65. The van der Waals surface area contributed by atoms with Gasteiger partial charge in [0.1, 0.15) is 6.17 Å². The second-order valence-corrected chi connectivity index (χ2v) is 6.11. The van der Waals surface area contributed by atoms with E-state index in [1.165, 1.54) is 5.56 Å². The van der Waals surface area contributed by atoms with E-state index in [0.29, 0.717) is 19.1 Å². The maximum atomic E-state index is 12.5. The predicted octanol–water partition coefficient (Wildman–Crippen LogP) is 2.24. The molecule has 1 fully saturated rings. The molecule has 1 aliphatic rings. The number of amides is 1. The number of nitrogens with one attached hydrogen (secondary N) is 1. The Morgan fingerprint density at radius 2 is 2.32 bits per heavy atom. The zero-order valence-electron chi connectivity index (χ0n) is 11.8. The molecule has 1 amide bonds. The lowest BCUT2D eigenvalue weighted by molar-refractivity contribution is -0.131. The first-order chi connectivity index (χ1) is 9.13. The summed E-state index contributed by atoms with van der Waals surface area (Å²) in [6.45, 7) is 5.50. The molecule has 2 heterocycles. The normalized spacial score (nSPS) is 23.6. The van der Waals surface area contributed by atoms with Gasteiger partial charge in [-0.2, -0.15) is 11.3 Å². The maximum absolute atomic E-state index is 12.5. The second-order valence-electron chi connectivity index (χ2n) is 5.33. The molecule has 106 valence electrons. The van der Waals surface area contributed by atoms with Gasteiger partial charge >= 0.3 is 0 Å². The minimum Gasteiger partial charge on any atom is -0.383 e. The highest BCUT2D eigenvalue weighted by atomic mass is 32.1. The van der Waals surface area contributed by atoms with Crippen LogP contribution < -0.4 is 5.32 Å². The molecule has 2 atom stereocenters. The molecule has 0 bridgehead atoms. The Bertz CT molecular complexity index is 406. The van der Waals surface area contributed by atoms with Crippen molar-refractivity contribution in [3.63, 3.8) is 0 Å².